The van der Waals surface area contributed by atoms with E-state index < -0.39 is 10.8 Å². The minimum Gasteiger partial charge on any atom is -0.508 e. The normalized spacial score (nSPS) is 10.4. The van der Waals surface area contributed by atoms with Crippen molar-refractivity contribution in [3.05, 3.63) is 76.3 Å². The molecule has 0 aliphatic rings. The highest BCUT2D eigenvalue weighted by Crippen LogP contribution is 2.28. The summed E-state index contributed by atoms with van der Waals surface area (Å²) in [5, 5.41) is 24.7. The molecular formula is C17H12N2O4. The Bertz CT molecular complexity index is 921. The smallest absolute Gasteiger partial charge is 0.292 e. The van der Waals surface area contributed by atoms with Crippen LogP contribution < -0.4 is 5.32 Å². The zero-order valence-corrected chi connectivity index (χ0v) is 11.9. The van der Waals surface area contributed by atoms with E-state index in [1.165, 1.54) is 24.3 Å². The van der Waals surface area contributed by atoms with Crippen molar-refractivity contribution in [2.24, 2.45) is 0 Å². The number of hydrogen-bond donors (Lipinski definition) is 2. The first-order valence-corrected chi connectivity index (χ1v) is 6.83. The zero-order chi connectivity index (χ0) is 16.4. The second kappa shape index (κ2) is 5.76. The molecule has 6 nitrogen and oxygen atoms in total. The summed E-state index contributed by atoms with van der Waals surface area (Å²) in [7, 11) is 0. The lowest BCUT2D eigenvalue weighted by molar-refractivity contribution is -0.383. The van der Waals surface area contributed by atoms with E-state index in [1.807, 2.05) is 0 Å². The molecule has 0 bridgehead atoms. The molecule has 0 fully saturated rings. The molecular weight excluding hydrogens is 296 g/mol. The third kappa shape index (κ3) is 2.82. The summed E-state index contributed by atoms with van der Waals surface area (Å²) in [6, 6.07) is 15.9. The number of carbonyl (C=O) groups is 1. The number of nitrogens with one attached hydrogen (secondary N) is 1. The van der Waals surface area contributed by atoms with E-state index in [2.05, 4.69) is 5.32 Å². The van der Waals surface area contributed by atoms with Gasteiger partial charge in [0.2, 0.25) is 0 Å². The fourth-order valence-electron chi connectivity index (χ4n) is 2.41. The van der Waals surface area contributed by atoms with Crippen LogP contribution in [0, 0.1) is 10.1 Å². The number of carbonyl (C=O) groups excluding carboxylic acids is 1. The standard InChI is InChI=1S/C17H12N2O4/c20-12-9-11-5-1-2-6-13(11)14(10-12)17(21)18-15-7-3-4-8-16(15)19(22)23/h1-10,20H,(H,18,21). The van der Waals surface area contributed by atoms with Crippen molar-refractivity contribution in [2.45, 2.75) is 0 Å². The minimum atomic E-state index is -0.559. The molecule has 0 saturated carbocycles. The minimum absolute atomic E-state index is 0.0450. The molecule has 114 valence electrons. The van der Waals surface area contributed by atoms with Crippen molar-refractivity contribution < 1.29 is 14.8 Å². The first-order chi connectivity index (χ1) is 11.1. The molecule has 1 amide bonds. The second-order valence-electron chi connectivity index (χ2n) is 4.94. The highest BCUT2D eigenvalue weighted by Gasteiger charge is 2.17. The van der Waals surface area contributed by atoms with Crippen LogP contribution in [0.1, 0.15) is 10.4 Å². The molecule has 23 heavy (non-hydrogen) atoms. The number of para-hydroxylation sites is 2. The van der Waals surface area contributed by atoms with Crippen molar-refractivity contribution in [1.82, 2.24) is 0 Å². The second-order valence-corrected chi connectivity index (χ2v) is 4.94. The fraction of sp³-hybridized carbons (Fsp3) is 0. The van der Waals surface area contributed by atoms with Gasteiger partial charge in [-0.3, -0.25) is 14.9 Å². The largest absolute Gasteiger partial charge is 0.508 e. The fourth-order valence-corrected chi connectivity index (χ4v) is 2.41. The number of amides is 1. The summed E-state index contributed by atoms with van der Waals surface area (Å²) < 4.78 is 0. The van der Waals surface area contributed by atoms with Crippen LogP contribution in [0.2, 0.25) is 0 Å². The molecule has 6 heteroatoms. The maximum absolute atomic E-state index is 12.5. The van der Waals surface area contributed by atoms with Gasteiger partial charge in [-0.05, 0) is 29.0 Å². The molecule has 0 radical (unpaired) electrons. The Hall–Kier alpha value is -3.41. The maximum Gasteiger partial charge on any atom is 0.292 e. The van der Waals surface area contributed by atoms with E-state index in [-0.39, 0.29) is 22.7 Å². The van der Waals surface area contributed by atoms with Gasteiger partial charge < -0.3 is 10.4 Å². The van der Waals surface area contributed by atoms with E-state index in [0.29, 0.717) is 10.8 Å². The number of nitrogens with zero attached hydrogens (tertiary/aromatic N) is 1. The molecule has 0 unspecified atom stereocenters. The van der Waals surface area contributed by atoms with Crippen LogP contribution in [-0.2, 0) is 0 Å². The van der Waals surface area contributed by atoms with Gasteiger partial charge >= 0.3 is 0 Å². The van der Waals surface area contributed by atoms with Crippen molar-refractivity contribution >= 4 is 28.1 Å². The van der Waals surface area contributed by atoms with Gasteiger partial charge in [-0.25, -0.2) is 0 Å². The Morgan fingerprint density at radius 3 is 2.52 bits per heavy atom. The SMILES string of the molecule is O=C(Nc1ccccc1[N+](=O)[O-])c1cc(O)cc2ccccc12. The van der Waals surface area contributed by atoms with Crippen LogP contribution in [0.25, 0.3) is 10.8 Å². The highest BCUT2D eigenvalue weighted by atomic mass is 16.6. The van der Waals surface area contributed by atoms with Crippen molar-refractivity contribution in [1.29, 1.82) is 0 Å². The number of anilines is 1. The summed E-state index contributed by atoms with van der Waals surface area (Å²) >= 11 is 0. The zero-order valence-electron chi connectivity index (χ0n) is 11.9. The Kier molecular flexibility index (Phi) is 3.64. The van der Waals surface area contributed by atoms with Crippen molar-refractivity contribution in [3.8, 4) is 5.75 Å². The van der Waals surface area contributed by atoms with Gasteiger partial charge in [-0.15, -0.1) is 0 Å². The average Bonchev–Trinajstić information content (AvgIpc) is 2.54. The van der Waals surface area contributed by atoms with E-state index >= 15 is 0 Å². The lowest BCUT2D eigenvalue weighted by Crippen LogP contribution is -2.13. The third-order valence-electron chi connectivity index (χ3n) is 3.44. The number of benzene rings is 3. The molecule has 3 aromatic carbocycles. The summed E-state index contributed by atoms with van der Waals surface area (Å²) in [4.78, 5) is 23.0. The Balaban J connectivity index is 2.04. The monoisotopic (exact) mass is 308 g/mol. The van der Waals surface area contributed by atoms with Gasteiger partial charge in [0.15, 0.2) is 0 Å². The Morgan fingerprint density at radius 2 is 1.74 bits per heavy atom. The number of nitro benzene ring substituents is 1. The molecule has 0 saturated heterocycles. The number of aromatic hydroxyl groups is 1. The van der Waals surface area contributed by atoms with Gasteiger partial charge in [-0.1, -0.05) is 36.4 Å². The number of fused-ring (bicyclic) bond motifs is 1. The quantitative estimate of drug-likeness (QED) is 0.570. The number of hydrogen-bond acceptors (Lipinski definition) is 4. The third-order valence-corrected chi connectivity index (χ3v) is 3.44. The molecule has 0 aromatic heterocycles. The van der Waals surface area contributed by atoms with Crippen LogP contribution in [0.5, 0.6) is 5.75 Å². The molecule has 3 aromatic rings. The number of nitro groups is 1. The number of rotatable bonds is 3. The number of phenolic OH excluding ortho intramolecular Hbond substituents is 1. The van der Waals surface area contributed by atoms with Gasteiger partial charge in [0.1, 0.15) is 11.4 Å². The molecule has 0 spiro atoms. The summed E-state index contributed by atoms with van der Waals surface area (Å²) in [6.07, 6.45) is 0. The molecule has 0 aliphatic carbocycles. The molecule has 3 rings (SSSR count). The predicted molar refractivity (Wildman–Crippen MR) is 86.7 cm³/mol. The predicted octanol–water partition coefficient (Wildman–Crippen LogP) is 3.71. The molecule has 0 atom stereocenters. The van der Waals surface area contributed by atoms with E-state index in [0.717, 1.165) is 0 Å². The van der Waals surface area contributed by atoms with Crippen LogP contribution in [0.15, 0.2) is 60.7 Å². The Morgan fingerprint density at radius 1 is 1.04 bits per heavy atom. The first-order valence-electron chi connectivity index (χ1n) is 6.83. The van der Waals surface area contributed by atoms with Crippen molar-refractivity contribution in [2.75, 3.05) is 5.32 Å². The molecule has 0 aliphatic heterocycles. The highest BCUT2D eigenvalue weighted by molar-refractivity contribution is 6.14. The number of phenols is 1. The summed E-state index contributed by atoms with van der Waals surface area (Å²) in [5.74, 6) is -0.567. The van der Waals surface area contributed by atoms with E-state index in [9.17, 15) is 20.0 Å². The molecule has 2 N–H and O–H groups in total. The Labute approximate surface area is 131 Å². The van der Waals surface area contributed by atoms with Gasteiger partial charge in [0, 0.05) is 6.07 Å². The van der Waals surface area contributed by atoms with E-state index in [4.69, 9.17) is 0 Å². The van der Waals surface area contributed by atoms with Crippen LogP contribution in [0.3, 0.4) is 0 Å². The summed E-state index contributed by atoms with van der Waals surface area (Å²) in [6.45, 7) is 0. The first kappa shape index (κ1) is 14.5. The van der Waals surface area contributed by atoms with Gasteiger partial charge in [0.25, 0.3) is 11.6 Å². The van der Waals surface area contributed by atoms with Crippen molar-refractivity contribution in [3.63, 3.8) is 0 Å². The van der Waals surface area contributed by atoms with Crippen LogP contribution in [0.4, 0.5) is 11.4 Å². The van der Waals surface area contributed by atoms with Crippen LogP contribution >= 0.6 is 0 Å². The lowest BCUT2D eigenvalue weighted by Gasteiger charge is -2.09. The summed E-state index contributed by atoms with van der Waals surface area (Å²) in [5.41, 5.74) is 0.166. The molecule has 0 heterocycles. The average molecular weight is 308 g/mol. The topological polar surface area (TPSA) is 92.5 Å². The maximum atomic E-state index is 12.5. The van der Waals surface area contributed by atoms with E-state index in [1.54, 1.807) is 36.4 Å². The van der Waals surface area contributed by atoms with Crippen LogP contribution in [-0.4, -0.2) is 15.9 Å². The van der Waals surface area contributed by atoms with Gasteiger partial charge in [-0.2, -0.15) is 0 Å². The lowest BCUT2D eigenvalue weighted by atomic mass is 10.0. The van der Waals surface area contributed by atoms with Gasteiger partial charge in [0.05, 0.1) is 10.5 Å².